The molecule has 0 aliphatic heterocycles. The molecule has 2 N–H and O–H groups in total. The van der Waals surface area contributed by atoms with Crippen LogP contribution in [0, 0.1) is 5.92 Å². The van der Waals surface area contributed by atoms with E-state index in [4.69, 9.17) is 0 Å². The van der Waals surface area contributed by atoms with E-state index in [2.05, 4.69) is 0 Å². The van der Waals surface area contributed by atoms with E-state index in [0.29, 0.717) is 18.4 Å². The predicted octanol–water partition coefficient (Wildman–Crippen LogP) is 1.57. The number of carbonyl (C=O) groups is 1. The Hall–Kier alpha value is -0.830. The zero-order chi connectivity index (χ0) is 10.2. The molecule has 0 aromatic carbocycles. The van der Waals surface area contributed by atoms with E-state index in [1.54, 1.807) is 20.8 Å². The summed E-state index contributed by atoms with van der Waals surface area (Å²) in [7, 11) is 0. The standard InChI is InChI=1S/C10H16O3/c1-6(2)10(13)5-4-7(3)8(11)9(10)12/h6,11,13H,4-5H2,1-3H3. The van der Waals surface area contributed by atoms with Crippen molar-refractivity contribution in [3.05, 3.63) is 11.3 Å². The zero-order valence-electron chi connectivity index (χ0n) is 8.29. The first-order valence-electron chi connectivity index (χ1n) is 4.55. The molecule has 3 nitrogen and oxygen atoms in total. The van der Waals surface area contributed by atoms with E-state index < -0.39 is 11.4 Å². The predicted molar refractivity (Wildman–Crippen MR) is 49.4 cm³/mol. The van der Waals surface area contributed by atoms with Crippen molar-refractivity contribution in [2.75, 3.05) is 0 Å². The fourth-order valence-corrected chi connectivity index (χ4v) is 1.56. The number of hydrogen-bond donors (Lipinski definition) is 2. The topological polar surface area (TPSA) is 57.5 Å². The van der Waals surface area contributed by atoms with Crippen LogP contribution in [0.15, 0.2) is 11.3 Å². The molecule has 1 unspecified atom stereocenters. The van der Waals surface area contributed by atoms with Crippen molar-refractivity contribution in [2.45, 2.75) is 39.2 Å². The molecule has 3 heteroatoms. The highest BCUT2D eigenvalue weighted by atomic mass is 16.3. The van der Waals surface area contributed by atoms with Gasteiger partial charge in [-0.3, -0.25) is 4.79 Å². The van der Waals surface area contributed by atoms with Crippen molar-refractivity contribution in [3.63, 3.8) is 0 Å². The van der Waals surface area contributed by atoms with Gasteiger partial charge in [-0.2, -0.15) is 0 Å². The number of aliphatic hydroxyl groups is 2. The first-order chi connectivity index (χ1) is 5.89. The highest BCUT2D eigenvalue weighted by Gasteiger charge is 2.43. The maximum Gasteiger partial charge on any atom is 0.228 e. The molecule has 0 amide bonds. The summed E-state index contributed by atoms with van der Waals surface area (Å²) in [5.41, 5.74) is -0.681. The fourth-order valence-electron chi connectivity index (χ4n) is 1.56. The van der Waals surface area contributed by atoms with Crippen molar-refractivity contribution in [1.29, 1.82) is 0 Å². The summed E-state index contributed by atoms with van der Waals surface area (Å²) in [5, 5.41) is 19.4. The highest BCUT2D eigenvalue weighted by molar-refractivity contribution is 6.01. The normalized spacial score (nSPS) is 30.1. The van der Waals surface area contributed by atoms with Gasteiger partial charge in [0.1, 0.15) is 5.60 Å². The third-order valence-corrected chi connectivity index (χ3v) is 2.85. The molecule has 1 rings (SSSR count). The summed E-state index contributed by atoms with van der Waals surface area (Å²) in [4.78, 5) is 11.5. The van der Waals surface area contributed by atoms with Gasteiger partial charge in [-0.25, -0.2) is 0 Å². The fraction of sp³-hybridized carbons (Fsp3) is 0.700. The van der Waals surface area contributed by atoms with E-state index in [1.165, 1.54) is 0 Å². The Labute approximate surface area is 78.1 Å². The van der Waals surface area contributed by atoms with Gasteiger partial charge < -0.3 is 10.2 Å². The lowest BCUT2D eigenvalue weighted by atomic mass is 9.76. The van der Waals surface area contributed by atoms with Gasteiger partial charge in [-0.15, -0.1) is 0 Å². The molecule has 0 aromatic rings. The van der Waals surface area contributed by atoms with Crippen LogP contribution < -0.4 is 0 Å². The van der Waals surface area contributed by atoms with Crippen molar-refractivity contribution < 1.29 is 15.0 Å². The van der Waals surface area contributed by atoms with Gasteiger partial charge in [0.05, 0.1) is 0 Å². The maximum absolute atomic E-state index is 11.5. The molecule has 1 aliphatic rings. The molecule has 0 radical (unpaired) electrons. The highest BCUT2D eigenvalue weighted by Crippen LogP contribution is 2.33. The van der Waals surface area contributed by atoms with E-state index in [1.807, 2.05) is 0 Å². The number of hydrogen-bond acceptors (Lipinski definition) is 3. The molecular formula is C10H16O3. The van der Waals surface area contributed by atoms with Gasteiger partial charge >= 0.3 is 0 Å². The molecule has 1 atom stereocenters. The van der Waals surface area contributed by atoms with Crippen LogP contribution in [-0.2, 0) is 4.79 Å². The number of carbonyl (C=O) groups excluding carboxylic acids is 1. The quantitative estimate of drug-likeness (QED) is 0.650. The van der Waals surface area contributed by atoms with E-state index in [0.717, 1.165) is 0 Å². The Balaban J connectivity index is 3.04. The molecule has 0 saturated carbocycles. The van der Waals surface area contributed by atoms with Crippen LogP contribution in [0.4, 0.5) is 0 Å². The minimum Gasteiger partial charge on any atom is -0.504 e. The monoisotopic (exact) mass is 184 g/mol. The van der Waals surface area contributed by atoms with Crippen LogP contribution in [0.25, 0.3) is 0 Å². The molecule has 1 aliphatic carbocycles. The van der Waals surface area contributed by atoms with Crippen molar-refractivity contribution in [3.8, 4) is 0 Å². The molecule has 0 fully saturated rings. The van der Waals surface area contributed by atoms with Crippen molar-refractivity contribution in [1.82, 2.24) is 0 Å². The van der Waals surface area contributed by atoms with E-state index in [-0.39, 0.29) is 11.7 Å². The molecular weight excluding hydrogens is 168 g/mol. The summed E-state index contributed by atoms with van der Waals surface area (Å²) in [5.74, 6) is -0.927. The average molecular weight is 184 g/mol. The number of Topliss-reactive ketones (excluding diaryl/α,β-unsaturated/α-hetero) is 1. The first kappa shape index (κ1) is 10.3. The lowest BCUT2D eigenvalue weighted by Gasteiger charge is -2.33. The summed E-state index contributed by atoms with van der Waals surface area (Å²) in [6, 6.07) is 0. The largest absolute Gasteiger partial charge is 0.504 e. The molecule has 0 saturated heterocycles. The average Bonchev–Trinajstić information content (AvgIpc) is 2.08. The second-order valence-electron chi connectivity index (χ2n) is 4.04. The lowest BCUT2D eigenvalue weighted by molar-refractivity contribution is -0.143. The summed E-state index contributed by atoms with van der Waals surface area (Å²) in [6.45, 7) is 5.28. The van der Waals surface area contributed by atoms with Crippen LogP contribution in [-0.4, -0.2) is 21.6 Å². The molecule has 13 heavy (non-hydrogen) atoms. The van der Waals surface area contributed by atoms with E-state index in [9.17, 15) is 15.0 Å². The maximum atomic E-state index is 11.5. The third kappa shape index (κ3) is 1.48. The summed E-state index contributed by atoms with van der Waals surface area (Å²) in [6.07, 6.45) is 1.01. The molecule has 0 bridgehead atoms. The zero-order valence-corrected chi connectivity index (χ0v) is 8.29. The molecule has 0 aromatic heterocycles. The number of ketones is 1. The number of rotatable bonds is 1. The minimum atomic E-state index is -1.36. The second kappa shape index (κ2) is 3.14. The van der Waals surface area contributed by atoms with Crippen molar-refractivity contribution >= 4 is 5.78 Å². The van der Waals surface area contributed by atoms with Gasteiger partial charge in [0.25, 0.3) is 0 Å². The van der Waals surface area contributed by atoms with Crippen LogP contribution >= 0.6 is 0 Å². The number of allylic oxidation sites excluding steroid dienone is 1. The van der Waals surface area contributed by atoms with Crippen LogP contribution in [0.3, 0.4) is 0 Å². The van der Waals surface area contributed by atoms with Gasteiger partial charge in [0.15, 0.2) is 5.76 Å². The second-order valence-corrected chi connectivity index (χ2v) is 4.04. The summed E-state index contributed by atoms with van der Waals surface area (Å²) < 4.78 is 0. The summed E-state index contributed by atoms with van der Waals surface area (Å²) >= 11 is 0. The van der Waals surface area contributed by atoms with E-state index >= 15 is 0 Å². The smallest absolute Gasteiger partial charge is 0.228 e. The number of aliphatic hydroxyl groups excluding tert-OH is 1. The van der Waals surface area contributed by atoms with Gasteiger partial charge in [-0.1, -0.05) is 13.8 Å². The Morgan fingerprint density at radius 3 is 2.46 bits per heavy atom. The van der Waals surface area contributed by atoms with Gasteiger partial charge in [0.2, 0.25) is 5.78 Å². The van der Waals surface area contributed by atoms with Gasteiger partial charge in [-0.05, 0) is 31.3 Å². The molecule has 0 spiro atoms. The SMILES string of the molecule is CC1=C(O)C(=O)C(O)(C(C)C)CC1. The van der Waals surface area contributed by atoms with Crippen LogP contribution in [0.2, 0.25) is 0 Å². The van der Waals surface area contributed by atoms with Crippen LogP contribution in [0.5, 0.6) is 0 Å². The third-order valence-electron chi connectivity index (χ3n) is 2.85. The Kier molecular flexibility index (Phi) is 2.48. The Morgan fingerprint density at radius 2 is 2.00 bits per heavy atom. The molecule has 0 heterocycles. The minimum absolute atomic E-state index is 0.157. The van der Waals surface area contributed by atoms with Crippen LogP contribution in [0.1, 0.15) is 33.6 Å². The Morgan fingerprint density at radius 1 is 1.46 bits per heavy atom. The van der Waals surface area contributed by atoms with Crippen molar-refractivity contribution in [2.24, 2.45) is 5.92 Å². The first-order valence-corrected chi connectivity index (χ1v) is 4.55. The molecule has 74 valence electrons. The Bertz CT molecular complexity index is 265. The lowest BCUT2D eigenvalue weighted by Crippen LogP contribution is -2.46. The van der Waals surface area contributed by atoms with Gasteiger partial charge in [0, 0.05) is 0 Å².